The third kappa shape index (κ3) is 2.33. The highest BCUT2D eigenvalue weighted by atomic mass is 32.1. The molecule has 0 spiro atoms. The lowest BCUT2D eigenvalue weighted by atomic mass is 9.93. The fourth-order valence-electron chi connectivity index (χ4n) is 2.64. The molecule has 1 aliphatic rings. The Kier molecular flexibility index (Phi) is 3.27. The number of nitrogens with zero attached hydrogens (tertiary/aromatic N) is 2. The molecule has 0 unspecified atom stereocenters. The van der Waals surface area contributed by atoms with Crippen LogP contribution in [-0.2, 0) is 12.8 Å². The summed E-state index contributed by atoms with van der Waals surface area (Å²) >= 11 is 1.65. The van der Waals surface area contributed by atoms with Crippen LogP contribution in [-0.4, -0.2) is 18.3 Å². The van der Waals surface area contributed by atoms with Crippen LogP contribution in [0.25, 0.3) is 11.3 Å². The van der Waals surface area contributed by atoms with Crippen molar-refractivity contribution < 1.29 is 9.15 Å². The van der Waals surface area contributed by atoms with Gasteiger partial charge in [0.05, 0.1) is 25.3 Å². The Morgan fingerprint density at radius 2 is 2.27 bits per heavy atom. The van der Waals surface area contributed by atoms with Gasteiger partial charge in [0, 0.05) is 10.4 Å². The van der Waals surface area contributed by atoms with Gasteiger partial charge in [-0.15, -0.1) is 0 Å². The van der Waals surface area contributed by atoms with Crippen molar-refractivity contribution in [2.75, 3.05) is 7.11 Å². The first kappa shape index (κ1) is 13.3. The van der Waals surface area contributed by atoms with Crippen LogP contribution in [0, 0.1) is 0 Å². The number of thiazole rings is 1. The molecule has 0 radical (unpaired) electrons. The predicted molar refractivity (Wildman–Crippen MR) is 87.5 cm³/mol. The SMILES string of the molecule is COc1ccc2c(c1)CCc1sc(N=Cc3ccco3)nc1-2. The first-order valence-corrected chi connectivity index (χ1v) is 7.90. The maximum atomic E-state index is 5.30. The predicted octanol–water partition coefficient (Wildman–Crippen LogP) is 4.26. The van der Waals surface area contributed by atoms with Gasteiger partial charge in [0.15, 0.2) is 0 Å². The van der Waals surface area contributed by atoms with Gasteiger partial charge >= 0.3 is 0 Å². The highest BCUT2D eigenvalue weighted by Crippen LogP contribution is 2.40. The lowest BCUT2D eigenvalue weighted by Gasteiger charge is -2.15. The fourth-order valence-corrected chi connectivity index (χ4v) is 3.56. The maximum absolute atomic E-state index is 5.30. The first-order chi connectivity index (χ1) is 10.8. The van der Waals surface area contributed by atoms with Crippen LogP contribution in [0.4, 0.5) is 5.13 Å². The van der Waals surface area contributed by atoms with E-state index in [0.29, 0.717) is 0 Å². The van der Waals surface area contributed by atoms with Gasteiger partial charge in [-0.1, -0.05) is 11.3 Å². The molecule has 0 N–H and O–H groups in total. The Hall–Kier alpha value is -2.40. The van der Waals surface area contributed by atoms with Crippen LogP contribution in [0.2, 0.25) is 0 Å². The van der Waals surface area contributed by atoms with E-state index in [1.54, 1.807) is 30.9 Å². The van der Waals surface area contributed by atoms with Crippen LogP contribution in [0.5, 0.6) is 5.75 Å². The van der Waals surface area contributed by atoms with Crippen LogP contribution >= 0.6 is 11.3 Å². The number of benzene rings is 1. The van der Waals surface area contributed by atoms with Crippen LogP contribution < -0.4 is 4.74 Å². The standard InChI is InChI=1S/C17H14N2O2S/c1-20-12-5-6-14-11(9-12)4-7-15-16(14)19-17(22-15)18-10-13-3-2-8-21-13/h2-3,5-6,8-10H,4,7H2,1H3. The van der Waals surface area contributed by atoms with Crippen molar-refractivity contribution >= 4 is 22.7 Å². The summed E-state index contributed by atoms with van der Waals surface area (Å²) in [6, 6.07) is 9.89. The van der Waals surface area contributed by atoms with Gasteiger partial charge in [-0.05, 0) is 48.7 Å². The molecule has 0 fully saturated rings. The number of furan rings is 1. The number of hydrogen-bond acceptors (Lipinski definition) is 5. The smallest absolute Gasteiger partial charge is 0.210 e. The number of rotatable bonds is 3. The van der Waals surface area contributed by atoms with Gasteiger partial charge in [0.2, 0.25) is 5.13 Å². The zero-order chi connectivity index (χ0) is 14.9. The number of ether oxygens (including phenoxy) is 1. The van der Waals surface area contributed by atoms with Crippen molar-refractivity contribution in [1.29, 1.82) is 0 Å². The number of aliphatic imine (C=N–C) groups is 1. The zero-order valence-electron chi connectivity index (χ0n) is 12.1. The van der Waals surface area contributed by atoms with Crippen molar-refractivity contribution in [3.63, 3.8) is 0 Å². The lowest BCUT2D eigenvalue weighted by molar-refractivity contribution is 0.414. The summed E-state index contributed by atoms with van der Waals surface area (Å²) < 4.78 is 10.6. The number of fused-ring (bicyclic) bond motifs is 3. The molecule has 22 heavy (non-hydrogen) atoms. The summed E-state index contributed by atoms with van der Waals surface area (Å²) in [5.41, 5.74) is 3.54. The maximum Gasteiger partial charge on any atom is 0.210 e. The second-order valence-corrected chi connectivity index (χ2v) is 6.13. The normalized spacial score (nSPS) is 13.1. The minimum absolute atomic E-state index is 0.735. The van der Waals surface area contributed by atoms with E-state index in [1.807, 2.05) is 18.2 Å². The number of aromatic nitrogens is 1. The average molecular weight is 310 g/mol. The van der Waals surface area contributed by atoms with Crippen molar-refractivity contribution in [2.45, 2.75) is 12.8 Å². The van der Waals surface area contributed by atoms with E-state index < -0.39 is 0 Å². The first-order valence-electron chi connectivity index (χ1n) is 7.08. The average Bonchev–Trinajstić information content (AvgIpc) is 3.21. The highest BCUT2D eigenvalue weighted by Gasteiger charge is 2.21. The number of aryl methyl sites for hydroxylation is 2. The summed E-state index contributed by atoms with van der Waals surface area (Å²) in [6.45, 7) is 0. The second-order valence-electron chi connectivity index (χ2n) is 5.06. The molecule has 110 valence electrons. The summed E-state index contributed by atoms with van der Waals surface area (Å²) in [6.07, 6.45) is 5.36. The minimum Gasteiger partial charge on any atom is -0.497 e. The molecule has 1 aliphatic carbocycles. The van der Waals surface area contributed by atoms with E-state index in [9.17, 15) is 0 Å². The number of methoxy groups -OCH3 is 1. The van der Waals surface area contributed by atoms with Crippen molar-refractivity contribution in [3.8, 4) is 17.0 Å². The van der Waals surface area contributed by atoms with E-state index in [1.165, 1.54) is 16.0 Å². The fraction of sp³-hybridized carbons (Fsp3) is 0.176. The summed E-state index contributed by atoms with van der Waals surface area (Å²) in [5, 5.41) is 0.769. The molecule has 2 heterocycles. The third-order valence-electron chi connectivity index (χ3n) is 3.72. The third-order valence-corrected chi connectivity index (χ3v) is 4.74. The molecule has 0 amide bonds. The molecule has 0 aliphatic heterocycles. The van der Waals surface area contributed by atoms with E-state index in [0.717, 1.165) is 35.2 Å². The van der Waals surface area contributed by atoms with Crippen molar-refractivity contribution in [3.05, 3.63) is 52.8 Å². The molecule has 0 atom stereocenters. The monoisotopic (exact) mass is 310 g/mol. The summed E-state index contributed by atoms with van der Waals surface area (Å²) in [7, 11) is 1.69. The molecule has 5 heteroatoms. The van der Waals surface area contributed by atoms with Crippen LogP contribution in [0.15, 0.2) is 46.0 Å². The van der Waals surface area contributed by atoms with Crippen molar-refractivity contribution in [2.24, 2.45) is 4.99 Å². The molecule has 3 aromatic rings. The highest BCUT2D eigenvalue weighted by molar-refractivity contribution is 7.15. The molecule has 4 nitrogen and oxygen atoms in total. The molecular weight excluding hydrogens is 296 g/mol. The Bertz CT molecular complexity index is 834. The second kappa shape index (κ2) is 5.42. The molecule has 0 saturated carbocycles. The van der Waals surface area contributed by atoms with E-state index in [2.05, 4.69) is 22.1 Å². The topological polar surface area (TPSA) is 47.6 Å². The van der Waals surface area contributed by atoms with Gasteiger partial charge in [0.25, 0.3) is 0 Å². The quantitative estimate of drug-likeness (QED) is 0.679. The lowest BCUT2D eigenvalue weighted by Crippen LogP contribution is -2.02. The minimum atomic E-state index is 0.735. The Morgan fingerprint density at radius 3 is 3.09 bits per heavy atom. The van der Waals surface area contributed by atoms with E-state index >= 15 is 0 Å². The molecular formula is C17H14N2O2S. The van der Waals surface area contributed by atoms with Crippen molar-refractivity contribution in [1.82, 2.24) is 4.98 Å². The van der Waals surface area contributed by atoms with Gasteiger partial charge in [-0.2, -0.15) is 0 Å². The van der Waals surface area contributed by atoms with Gasteiger partial charge in [-0.3, -0.25) is 0 Å². The molecule has 1 aromatic carbocycles. The summed E-state index contributed by atoms with van der Waals surface area (Å²) in [4.78, 5) is 10.4. The Balaban J connectivity index is 1.69. The van der Waals surface area contributed by atoms with E-state index in [-0.39, 0.29) is 0 Å². The molecule has 4 rings (SSSR count). The molecule has 0 saturated heterocycles. The van der Waals surface area contributed by atoms with Crippen LogP contribution in [0.1, 0.15) is 16.2 Å². The zero-order valence-corrected chi connectivity index (χ0v) is 12.9. The van der Waals surface area contributed by atoms with Gasteiger partial charge < -0.3 is 9.15 Å². The Labute approximate surface area is 132 Å². The molecule has 0 bridgehead atoms. The van der Waals surface area contributed by atoms with E-state index in [4.69, 9.17) is 9.15 Å². The largest absolute Gasteiger partial charge is 0.497 e. The Morgan fingerprint density at radius 1 is 1.32 bits per heavy atom. The van der Waals surface area contributed by atoms with Gasteiger partial charge in [0.1, 0.15) is 11.5 Å². The summed E-state index contributed by atoms with van der Waals surface area (Å²) in [5.74, 6) is 1.63. The molecule has 2 aromatic heterocycles. The van der Waals surface area contributed by atoms with Crippen LogP contribution in [0.3, 0.4) is 0 Å². The van der Waals surface area contributed by atoms with Gasteiger partial charge in [-0.25, -0.2) is 9.98 Å². The number of hydrogen-bond donors (Lipinski definition) is 0.